The van der Waals surface area contributed by atoms with Crippen LogP contribution in [-0.4, -0.2) is 9.97 Å². The van der Waals surface area contributed by atoms with Crippen LogP contribution in [0.2, 0.25) is 0 Å². The average molecular weight is 810 g/mol. The Morgan fingerprint density at radius 1 is 0.667 bits per heavy atom. The number of hydrogen-bond donors (Lipinski definition) is 0. The van der Waals surface area contributed by atoms with Crippen LogP contribution in [0, 0.1) is 25.8 Å². The second-order valence-electron chi connectivity index (χ2n) is 12.2. The summed E-state index contributed by atoms with van der Waals surface area (Å²) in [6.07, 6.45) is 3.40. The van der Waals surface area contributed by atoms with Crippen molar-refractivity contribution in [3.63, 3.8) is 0 Å². The van der Waals surface area contributed by atoms with Crippen molar-refractivity contribution in [1.29, 1.82) is 0 Å². The van der Waals surface area contributed by atoms with Crippen LogP contribution in [0.5, 0.6) is 0 Å². The zero-order valence-electron chi connectivity index (χ0n) is 34.1. The van der Waals surface area contributed by atoms with Gasteiger partial charge in [0.1, 0.15) is 5.58 Å². The van der Waals surface area contributed by atoms with Crippen molar-refractivity contribution in [3.05, 3.63) is 144 Å². The maximum absolute atomic E-state index is 8.29. The van der Waals surface area contributed by atoms with E-state index in [1.54, 1.807) is 74.8 Å². The van der Waals surface area contributed by atoms with Crippen molar-refractivity contribution in [2.24, 2.45) is 0 Å². The number of nitrogens with zero attached hydrogens (tertiary/aromatic N) is 2. The monoisotopic (exact) mass is 810 g/mol. The van der Waals surface area contributed by atoms with Gasteiger partial charge >= 0.3 is 0 Å². The minimum absolute atomic E-state index is 0. The molecule has 1 radical (unpaired) electrons. The maximum atomic E-state index is 8.29. The van der Waals surface area contributed by atoms with E-state index in [0.717, 1.165) is 38.8 Å². The maximum Gasteiger partial charge on any atom is 0.121 e. The third-order valence-electron chi connectivity index (χ3n) is 8.61. The second-order valence-corrected chi connectivity index (χ2v) is 12.2. The van der Waals surface area contributed by atoms with Crippen LogP contribution < -0.4 is 0 Å². The first-order chi connectivity index (χ1) is 25.5. The molecule has 0 N–H and O–H groups in total. The van der Waals surface area contributed by atoms with Gasteiger partial charge < -0.3 is 14.4 Å². The Bertz CT molecular complexity index is 2660. The second kappa shape index (κ2) is 13.8. The smallest absolute Gasteiger partial charge is 0.121 e. The molecule has 4 heteroatoms. The van der Waals surface area contributed by atoms with E-state index in [1.165, 1.54) is 5.56 Å². The fourth-order valence-corrected chi connectivity index (χ4v) is 5.98. The molecule has 0 saturated carbocycles. The number of aromatic nitrogens is 2. The Labute approximate surface area is 306 Å². The number of furan rings is 1. The van der Waals surface area contributed by atoms with Crippen LogP contribution in [0.15, 0.2) is 114 Å². The van der Waals surface area contributed by atoms with Crippen LogP contribution in [-0.2, 0) is 20.1 Å². The van der Waals surface area contributed by atoms with Crippen LogP contribution >= 0.6 is 0 Å². The van der Waals surface area contributed by atoms with Crippen molar-refractivity contribution < 1.29 is 34.1 Å². The molecule has 5 aromatic carbocycles. The van der Waals surface area contributed by atoms with Crippen LogP contribution in [0.3, 0.4) is 0 Å². The summed E-state index contributed by atoms with van der Waals surface area (Å²) in [4.78, 5) is 8.81. The molecule has 0 aliphatic heterocycles. The van der Waals surface area contributed by atoms with Crippen molar-refractivity contribution in [3.8, 4) is 22.5 Å². The minimum Gasteiger partial charge on any atom is -0.501 e. The average Bonchev–Trinajstić information content (AvgIpc) is 3.52. The first kappa shape index (κ1) is 25.4. The molecule has 3 aromatic heterocycles. The predicted molar refractivity (Wildman–Crippen MR) is 197 cm³/mol. The summed E-state index contributed by atoms with van der Waals surface area (Å²) in [6, 6.07) is 36.7. The van der Waals surface area contributed by atoms with Gasteiger partial charge in [-0.15, -0.1) is 42.0 Å². The Kier molecular flexibility index (Phi) is 7.32. The number of fused-ring (bicyclic) bond motifs is 6. The van der Waals surface area contributed by atoms with Crippen LogP contribution in [0.25, 0.3) is 66.0 Å². The van der Waals surface area contributed by atoms with Crippen molar-refractivity contribution in [1.82, 2.24) is 9.97 Å². The Hall–Kier alpha value is -4.63. The number of benzene rings is 5. The zero-order chi connectivity index (χ0) is 38.6. The summed E-state index contributed by atoms with van der Waals surface area (Å²) in [5.74, 6) is -0.345. The van der Waals surface area contributed by atoms with Crippen molar-refractivity contribution in [2.75, 3.05) is 0 Å². The number of pyridine rings is 2. The minimum atomic E-state index is -2.64. The van der Waals surface area contributed by atoms with E-state index in [2.05, 4.69) is 60.2 Å². The van der Waals surface area contributed by atoms with Gasteiger partial charge in [-0.25, -0.2) is 0 Å². The molecule has 241 valence electrons. The standard InChI is InChI=1S/C24H22N.C20H16NO.Ir/c1-15(2)18-11-12-25-24(14-18)19-9-10-22-21-8-6-5-7-20(21)16(3)17(4)23(22)13-19;1-13(2)14-9-10-15-16-6-5-7-17(18-8-3-4-11-21-18)20(16)22-19(15)12-14;/h5-8,10-15H,1-4H3;3-6,8-13H,1-2H3;/q2*-1;/i3D3,4D3,15D;;. The molecule has 0 aliphatic rings. The molecule has 0 amide bonds. The van der Waals surface area contributed by atoms with E-state index in [9.17, 15) is 0 Å². The van der Waals surface area contributed by atoms with Crippen LogP contribution in [0.1, 0.15) is 71.4 Å². The van der Waals surface area contributed by atoms with Gasteiger partial charge in [0.05, 0.1) is 5.58 Å². The SMILES string of the molecule is CC(C)c1ccc2c(c1)oc1c(-c3ccccn3)[c-]ccc12.[2H]C([2H])([2H])c1c(C([2H])([2H])[2H])c2ccccc2c2c[c-]c(-c3cc(C([2H])(C)C)ccn3)cc12.[Ir]. The van der Waals surface area contributed by atoms with Gasteiger partial charge in [-0.1, -0.05) is 121 Å². The predicted octanol–water partition coefficient (Wildman–Crippen LogP) is 12.2. The molecule has 48 heavy (non-hydrogen) atoms. The summed E-state index contributed by atoms with van der Waals surface area (Å²) < 4.78 is 63.3. The zero-order valence-corrected chi connectivity index (χ0v) is 29.5. The van der Waals surface area contributed by atoms with Gasteiger partial charge in [-0.3, -0.25) is 0 Å². The van der Waals surface area contributed by atoms with E-state index >= 15 is 0 Å². The molecule has 3 nitrogen and oxygen atoms in total. The van der Waals surface area contributed by atoms with Gasteiger partial charge in [0, 0.05) is 47.5 Å². The van der Waals surface area contributed by atoms with Crippen LogP contribution in [0.4, 0.5) is 0 Å². The fourth-order valence-electron chi connectivity index (χ4n) is 5.98. The molecule has 0 saturated heterocycles. The number of aryl methyl sites for hydroxylation is 2. The first-order valence-electron chi connectivity index (χ1n) is 19.2. The van der Waals surface area contributed by atoms with Gasteiger partial charge in [0.15, 0.2) is 0 Å². The summed E-state index contributed by atoms with van der Waals surface area (Å²) in [6.45, 7) is 2.69. The Balaban J connectivity index is 0.000000195. The molecule has 0 fully saturated rings. The summed E-state index contributed by atoms with van der Waals surface area (Å²) >= 11 is 0. The van der Waals surface area contributed by atoms with E-state index < -0.39 is 19.6 Å². The molecule has 0 bridgehead atoms. The molecule has 0 aliphatic carbocycles. The van der Waals surface area contributed by atoms with E-state index in [4.69, 9.17) is 14.0 Å². The molecule has 3 heterocycles. The molecular formula is C44H38IrN2O-2. The Morgan fingerprint density at radius 2 is 1.44 bits per heavy atom. The fraction of sp³-hybridized carbons (Fsp3) is 0.182. The molecule has 0 atom stereocenters. The summed E-state index contributed by atoms with van der Waals surface area (Å²) in [5.41, 5.74) is 6.41. The molecule has 0 spiro atoms. The van der Waals surface area contributed by atoms with Gasteiger partial charge in [0.2, 0.25) is 0 Å². The molecule has 8 aromatic rings. The normalized spacial score (nSPS) is 14.2. The summed E-state index contributed by atoms with van der Waals surface area (Å²) in [7, 11) is 0. The third kappa shape index (κ3) is 6.19. The molecule has 8 rings (SSSR count). The van der Waals surface area contributed by atoms with Gasteiger partial charge in [-0.2, -0.15) is 0 Å². The quantitative estimate of drug-likeness (QED) is 0.131. The van der Waals surface area contributed by atoms with E-state index in [1.807, 2.05) is 24.3 Å². The van der Waals surface area contributed by atoms with Crippen molar-refractivity contribution in [2.45, 2.75) is 53.2 Å². The number of hydrogen-bond acceptors (Lipinski definition) is 3. The van der Waals surface area contributed by atoms with Crippen molar-refractivity contribution >= 4 is 43.5 Å². The van der Waals surface area contributed by atoms with Gasteiger partial charge in [-0.05, 0) is 71.6 Å². The molecule has 0 unspecified atom stereocenters. The summed E-state index contributed by atoms with van der Waals surface area (Å²) in [5, 5.41) is 4.30. The first-order valence-corrected chi connectivity index (χ1v) is 15.7. The van der Waals surface area contributed by atoms with Gasteiger partial charge in [0.25, 0.3) is 0 Å². The Morgan fingerprint density at radius 3 is 2.19 bits per heavy atom. The number of rotatable bonds is 4. The largest absolute Gasteiger partial charge is 0.501 e. The van der Waals surface area contributed by atoms with E-state index in [-0.39, 0.29) is 31.2 Å². The third-order valence-corrected chi connectivity index (χ3v) is 8.61. The molecular weight excluding hydrogens is 765 g/mol. The van der Waals surface area contributed by atoms with E-state index in [0.29, 0.717) is 38.7 Å². The topological polar surface area (TPSA) is 38.9 Å².